The first-order valence-electron chi connectivity index (χ1n) is 10.6. The number of rotatable bonds is 6. The molecule has 1 heterocycles. The molecule has 1 aliphatic rings. The lowest BCUT2D eigenvalue weighted by Gasteiger charge is -2.41. The Morgan fingerprint density at radius 2 is 1.77 bits per heavy atom. The Balaban J connectivity index is 1.67. The maximum atomic E-state index is 13.1. The zero-order chi connectivity index (χ0) is 22.6. The van der Waals surface area contributed by atoms with Gasteiger partial charge in [0.2, 0.25) is 5.91 Å². The van der Waals surface area contributed by atoms with Gasteiger partial charge in [0.1, 0.15) is 0 Å². The second-order valence-corrected chi connectivity index (χ2v) is 8.21. The standard InChI is InChI=1S/C24H29F3N2O2/c1-3-22(30)29(21-10-5-4-6-11-21)18(2)17-28-14-12-23(31,13-15-28)19-8-7-9-20(16-19)24(25,26)27/h4-11,16,18,31H,3,12-15,17H2,1-2H3. The maximum absolute atomic E-state index is 13.1. The van der Waals surface area contributed by atoms with Crippen LogP contribution in [0.1, 0.15) is 44.2 Å². The number of benzene rings is 2. The predicted molar refractivity (Wildman–Crippen MR) is 115 cm³/mol. The van der Waals surface area contributed by atoms with Crippen molar-refractivity contribution in [2.75, 3.05) is 24.5 Å². The van der Waals surface area contributed by atoms with Crippen molar-refractivity contribution in [3.05, 3.63) is 65.7 Å². The van der Waals surface area contributed by atoms with Crippen molar-refractivity contribution in [1.29, 1.82) is 0 Å². The molecule has 3 rings (SSSR count). The molecule has 1 amide bonds. The van der Waals surface area contributed by atoms with Crippen LogP contribution >= 0.6 is 0 Å². The summed E-state index contributed by atoms with van der Waals surface area (Å²) in [5.74, 6) is 0.0381. The highest BCUT2D eigenvalue weighted by Crippen LogP contribution is 2.37. The zero-order valence-corrected chi connectivity index (χ0v) is 17.9. The van der Waals surface area contributed by atoms with Crippen LogP contribution in [0.15, 0.2) is 54.6 Å². The minimum absolute atomic E-state index is 0.0381. The van der Waals surface area contributed by atoms with Gasteiger partial charge in [0, 0.05) is 37.8 Å². The van der Waals surface area contributed by atoms with E-state index in [0.29, 0.717) is 44.5 Å². The molecule has 1 saturated heterocycles. The topological polar surface area (TPSA) is 43.8 Å². The summed E-state index contributed by atoms with van der Waals surface area (Å²) in [5, 5.41) is 11.0. The van der Waals surface area contributed by atoms with E-state index in [4.69, 9.17) is 0 Å². The van der Waals surface area contributed by atoms with Crippen LogP contribution in [0.4, 0.5) is 18.9 Å². The van der Waals surface area contributed by atoms with Crippen molar-refractivity contribution in [3.8, 4) is 0 Å². The summed E-state index contributed by atoms with van der Waals surface area (Å²) in [6.45, 7) is 5.54. The number of hydrogen-bond acceptors (Lipinski definition) is 3. The van der Waals surface area contributed by atoms with Crippen molar-refractivity contribution < 1.29 is 23.1 Å². The van der Waals surface area contributed by atoms with Gasteiger partial charge < -0.3 is 14.9 Å². The lowest BCUT2D eigenvalue weighted by molar-refractivity contribution is -0.137. The molecule has 1 atom stereocenters. The van der Waals surface area contributed by atoms with Crippen LogP contribution in [0.2, 0.25) is 0 Å². The number of carbonyl (C=O) groups excluding carboxylic acids is 1. The number of carbonyl (C=O) groups is 1. The fourth-order valence-corrected chi connectivity index (χ4v) is 4.24. The summed E-state index contributed by atoms with van der Waals surface area (Å²) >= 11 is 0. The minimum atomic E-state index is -4.44. The van der Waals surface area contributed by atoms with Crippen LogP contribution in [0.3, 0.4) is 0 Å². The van der Waals surface area contributed by atoms with Crippen LogP contribution in [0, 0.1) is 0 Å². The quantitative estimate of drug-likeness (QED) is 0.709. The molecule has 0 aliphatic carbocycles. The number of hydrogen-bond donors (Lipinski definition) is 1. The van der Waals surface area contributed by atoms with Gasteiger partial charge >= 0.3 is 6.18 Å². The van der Waals surface area contributed by atoms with Crippen molar-refractivity contribution >= 4 is 11.6 Å². The monoisotopic (exact) mass is 434 g/mol. The second kappa shape index (κ2) is 9.40. The van der Waals surface area contributed by atoms with Gasteiger partial charge in [-0.1, -0.05) is 37.3 Å². The molecule has 0 radical (unpaired) electrons. The summed E-state index contributed by atoms with van der Waals surface area (Å²) in [4.78, 5) is 16.5. The van der Waals surface area contributed by atoms with E-state index in [9.17, 15) is 23.1 Å². The number of para-hydroxylation sites is 1. The van der Waals surface area contributed by atoms with Gasteiger partial charge in [-0.15, -0.1) is 0 Å². The van der Waals surface area contributed by atoms with Crippen LogP contribution < -0.4 is 4.90 Å². The highest BCUT2D eigenvalue weighted by molar-refractivity contribution is 5.93. The van der Waals surface area contributed by atoms with Crippen LogP contribution in [-0.2, 0) is 16.6 Å². The molecule has 1 fully saturated rings. The van der Waals surface area contributed by atoms with Crippen molar-refractivity contribution in [1.82, 2.24) is 4.90 Å². The second-order valence-electron chi connectivity index (χ2n) is 8.21. The number of halogens is 3. The Labute approximate surface area is 181 Å². The normalized spacial score (nSPS) is 17.9. The first kappa shape index (κ1) is 23.3. The van der Waals surface area contributed by atoms with E-state index >= 15 is 0 Å². The molecule has 1 N–H and O–H groups in total. The average molecular weight is 435 g/mol. The molecular formula is C24H29F3N2O2. The van der Waals surface area contributed by atoms with E-state index in [1.165, 1.54) is 6.07 Å². The van der Waals surface area contributed by atoms with Gasteiger partial charge in [0.25, 0.3) is 0 Å². The van der Waals surface area contributed by atoms with E-state index in [2.05, 4.69) is 4.90 Å². The third-order valence-corrected chi connectivity index (χ3v) is 5.98. The predicted octanol–water partition coefficient (Wildman–Crippen LogP) is 4.82. The molecule has 1 unspecified atom stereocenters. The molecule has 31 heavy (non-hydrogen) atoms. The van der Waals surface area contributed by atoms with Gasteiger partial charge in [-0.05, 0) is 49.6 Å². The van der Waals surface area contributed by atoms with Crippen LogP contribution in [0.5, 0.6) is 0 Å². The van der Waals surface area contributed by atoms with E-state index in [1.54, 1.807) is 11.0 Å². The molecule has 4 nitrogen and oxygen atoms in total. The molecular weight excluding hydrogens is 405 g/mol. The van der Waals surface area contributed by atoms with Crippen molar-refractivity contribution in [2.45, 2.75) is 50.9 Å². The first-order valence-corrected chi connectivity index (χ1v) is 10.6. The van der Waals surface area contributed by atoms with Gasteiger partial charge in [0.15, 0.2) is 0 Å². The summed E-state index contributed by atoms with van der Waals surface area (Å²) in [6, 6.07) is 14.4. The number of anilines is 1. The first-order chi connectivity index (χ1) is 14.6. The van der Waals surface area contributed by atoms with Gasteiger partial charge in [-0.25, -0.2) is 0 Å². The Morgan fingerprint density at radius 3 is 2.35 bits per heavy atom. The highest BCUT2D eigenvalue weighted by Gasteiger charge is 2.37. The molecule has 1 aliphatic heterocycles. The summed E-state index contributed by atoms with van der Waals surface area (Å²) in [6.07, 6.45) is -3.36. The van der Waals surface area contributed by atoms with E-state index in [1.807, 2.05) is 44.2 Å². The van der Waals surface area contributed by atoms with E-state index < -0.39 is 17.3 Å². The third kappa shape index (κ3) is 5.46. The van der Waals surface area contributed by atoms with Gasteiger partial charge in [-0.2, -0.15) is 13.2 Å². The van der Waals surface area contributed by atoms with Gasteiger partial charge in [0.05, 0.1) is 11.2 Å². The molecule has 2 aromatic carbocycles. The van der Waals surface area contributed by atoms with Crippen molar-refractivity contribution in [2.24, 2.45) is 0 Å². The fourth-order valence-electron chi connectivity index (χ4n) is 4.24. The summed E-state index contributed by atoms with van der Waals surface area (Å²) < 4.78 is 39.2. The summed E-state index contributed by atoms with van der Waals surface area (Å²) in [5.41, 5.74) is -0.869. The van der Waals surface area contributed by atoms with Crippen molar-refractivity contribution in [3.63, 3.8) is 0 Å². The van der Waals surface area contributed by atoms with E-state index in [-0.39, 0.29) is 11.9 Å². The number of amides is 1. The molecule has 0 bridgehead atoms. The fraction of sp³-hybridized carbons (Fsp3) is 0.458. The minimum Gasteiger partial charge on any atom is -0.385 e. The molecule has 0 spiro atoms. The Bertz CT molecular complexity index is 878. The smallest absolute Gasteiger partial charge is 0.385 e. The molecule has 0 aromatic heterocycles. The van der Waals surface area contributed by atoms with Crippen LogP contribution in [-0.4, -0.2) is 41.6 Å². The molecule has 7 heteroatoms. The van der Waals surface area contributed by atoms with E-state index in [0.717, 1.165) is 17.8 Å². The lowest BCUT2D eigenvalue weighted by atomic mass is 9.83. The number of nitrogens with zero attached hydrogens (tertiary/aromatic N) is 2. The maximum Gasteiger partial charge on any atom is 0.416 e. The number of alkyl halides is 3. The summed E-state index contributed by atoms with van der Waals surface area (Å²) in [7, 11) is 0. The number of likely N-dealkylation sites (tertiary alicyclic amines) is 1. The third-order valence-electron chi connectivity index (χ3n) is 5.98. The number of piperidine rings is 1. The van der Waals surface area contributed by atoms with Crippen LogP contribution in [0.25, 0.3) is 0 Å². The molecule has 2 aromatic rings. The molecule has 168 valence electrons. The average Bonchev–Trinajstić information content (AvgIpc) is 2.76. The van der Waals surface area contributed by atoms with Gasteiger partial charge in [-0.3, -0.25) is 4.79 Å². The Morgan fingerprint density at radius 1 is 1.13 bits per heavy atom. The highest BCUT2D eigenvalue weighted by atomic mass is 19.4. The Hall–Kier alpha value is -2.38. The lowest BCUT2D eigenvalue weighted by Crippen LogP contribution is -2.49. The number of aliphatic hydroxyl groups is 1. The zero-order valence-electron chi connectivity index (χ0n) is 17.9. The largest absolute Gasteiger partial charge is 0.416 e. The Kier molecular flexibility index (Phi) is 7.06. The SMILES string of the molecule is CCC(=O)N(c1ccccc1)C(C)CN1CCC(O)(c2cccc(C(F)(F)F)c2)CC1. The molecule has 0 saturated carbocycles.